The summed E-state index contributed by atoms with van der Waals surface area (Å²) in [5, 5.41) is 11.7. The summed E-state index contributed by atoms with van der Waals surface area (Å²) >= 11 is 0. The number of hydrogen-bond donors (Lipinski definition) is 2. The second kappa shape index (κ2) is 5.18. The summed E-state index contributed by atoms with van der Waals surface area (Å²) in [5.74, 6) is -1.06. The molecule has 1 aromatic rings. The van der Waals surface area contributed by atoms with E-state index in [1.54, 1.807) is 17.4 Å². The van der Waals surface area contributed by atoms with Gasteiger partial charge in [-0.05, 0) is 6.92 Å². The summed E-state index contributed by atoms with van der Waals surface area (Å²) in [4.78, 5) is 28.2. The zero-order chi connectivity index (χ0) is 13.1. The first kappa shape index (κ1) is 12.6. The van der Waals surface area contributed by atoms with E-state index in [0.717, 1.165) is 12.2 Å². The van der Waals surface area contributed by atoms with Crippen LogP contribution in [-0.2, 0) is 22.7 Å². The van der Waals surface area contributed by atoms with Crippen LogP contribution in [0.15, 0.2) is 12.5 Å². The largest absolute Gasteiger partial charge is 0.480 e. The first-order chi connectivity index (χ1) is 8.61. The number of carbonyl (C=O) groups excluding carboxylic acids is 1. The number of hydrogen-bond acceptors (Lipinski definition) is 4. The summed E-state index contributed by atoms with van der Waals surface area (Å²) in [7, 11) is 0. The fraction of sp³-hybridized carbons (Fsp3) is 0.545. The normalized spacial score (nSPS) is 20.7. The third-order valence-electron chi connectivity index (χ3n) is 3.07. The zero-order valence-electron chi connectivity index (χ0n) is 10.2. The van der Waals surface area contributed by atoms with Crippen LogP contribution in [0.4, 0.5) is 0 Å². The number of piperazine rings is 1. The Bertz CT molecular complexity index is 457. The predicted octanol–water partition coefficient (Wildman–Crippen LogP) is -0.712. The van der Waals surface area contributed by atoms with E-state index >= 15 is 0 Å². The van der Waals surface area contributed by atoms with E-state index in [9.17, 15) is 9.59 Å². The van der Waals surface area contributed by atoms with Crippen molar-refractivity contribution in [2.24, 2.45) is 0 Å². The van der Waals surface area contributed by atoms with Gasteiger partial charge in [0.25, 0.3) is 0 Å². The van der Waals surface area contributed by atoms with Crippen LogP contribution in [-0.4, -0.2) is 50.6 Å². The van der Waals surface area contributed by atoms with Crippen molar-refractivity contribution in [3.63, 3.8) is 0 Å². The molecule has 0 aliphatic carbocycles. The number of rotatable bonds is 4. The molecule has 18 heavy (non-hydrogen) atoms. The molecule has 1 fully saturated rings. The summed E-state index contributed by atoms with van der Waals surface area (Å²) in [6.45, 7) is 3.42. The molecule has 7 heteroatoms. The van der Waals surface area contributed by atoms with Crippen LogP contribution in [0.3, 0.4) is 0 Å². The third-order valence-corrected chi connectivity index (χ3v) is 3.07. The molecule has 2 N–H and O–H groups in total. The Morgan fingerprint density at radius 1 is 1.67 bits per heavy atom. The maximum absolute atomic E-state index is 11.4. The molecule has 1 aromatic heterocycles. The molecule has 1 aliphatic heterocycles. The minimum Gasteiger partial charge on any atom is -0.480 e. The van der Waals surface area contributed by atoms with Gasteiger partial charge >= 0.3 is 5.97 Å². The number of nitrogens with zero attached hydrogens (tertiary/aromatic N) is 3. The lowest BCUT2D eigenvalue weighted by atomic mass is 10.2. The van der Waals surface area contributed by atoms with Crippen LogP contribution in [0.5, 0.6) is 0 Å². The van der Waals surface area contributed by atoms with Crippen LogP contribution >= 0.6 is 0 Å². The highest BCUT2D eigenvalue weighted by molar-refractivity contribution is 5.83. The van der Waals surface area contributed by atoms with Gasteiger partial charge in [-0.2, -0.15) is 0 Å². The molecule has 0 bridgehead atoms. The van der Waals surface area contributed by atoms with Gasteiger partial charge in [0.1, 0.15) is 6.04 Å². The van der Waals surface area contributed by atoms with Crippen molar-refractivity contribution in [3.8, 4) is 0 Å². The number of aryl methyl sites for hydroxylation is 1. The molecule has 98 valence electrons. The van der Waals surface area contributed by atoms with E-state index in [2.05, 4.69) is 10.3 Å². The Morgan fingerprint density at radius 3 is 3.11 bits per heavy atom. The molecular weight excluding hydrogens is 236 g/mol. The van der Waals surface area contributed by atoms with E-state index in [4.69, 9.17) is 5.11 Å². The van der Waals surface area contributed by atoms with E-state index in [1.165, 1.54) is 0 Å². The maximum atomic E-state index is 11.4. The SMILES string of the molecule is CCn1cncc1CN1CC(=O)NCC1C(=O)O. The van der Waals surface area contributed by atoms with Crippen LogP contribution in [0.2, 0.25) is 0 Å². The second-order valence-electron chi connectivity index (χ2n) is 4.23. The van der Waals surface area contributed by atoms with Crippen LogP contribution in [0, 0.1) is 0 Å². The number of carbonyl (C=O) groups is 2. The molecule has 1 unspecified atom stereocenters. The van der Waals surface area contributed by atoms with Crippen molar-refractivity contribution in [3.05, 3.63) is 18.2 Å². The Morgan fingerprint density at radius 2 is 2.44 bits per heavy atom. The Hall–Kier alpha value is -1.89. The van der Waals surface area contributed by atoms with Gasteiger partial charge in [0.05, 0.1) is 18.6 Å². The van der Waals surface area contributed by atoms with E-state index in [0.29, 0.717) is 6.54 Å². The van der Waals surface area contributed by atoms with Crippen LogP contribution < -0.4 is 5.32 Å². The molecule has 1 amide bonds. The number of carboxylic acid groups (broad SMARTS) is 1. The lowest BCUT2D eigenvalue weighted by Crippen LogP contribution is -2.57. The highest BCUT2D eigenvalue weighted by Gasteiger charge is 2.32. The van der Waals surface area contributed by atoms with Crippen LogP contribution in [0.25, 0.3) is 0 Å². The summed E-state index contributed by atoms with van der Waals surface area (Å²) in [6.07, 6.45) is 3.41. The summed E-state index contributed by atoms with van der Waals surface area (Å²) in [6, 6.07) is -0.678. The highest BCUT2D eigenvalue weighted by Crippen LogP contribution is 2.11. The van der Waals surface area contributed by atoms with Gasteiger partial charge in [-0.1, -0.05) is 0 Å². The minimum atomic E-state index is -0.919. The number of aliphatic carboxylic acids is 1. The first-order valence-electron chi connectivity index (χ1n) is 5.84. The fourth-order valence-corrected chi connectivity index (χ4v) is 2.07. The number of imidazole rings is 1. The van der Waals surface area contributed by atoms with E-state index in [1.807, 2.05) is 11.5 Å². The Balaban J connectivity index is 2.13. The van der Waals surface area contributed by atoms with Crippen molar-refractivity contribution in [1.29, 1.82) is 0 Å². The standard InChI is InChI=1S/C11H16N4O3/c1-2-14-7-12-3-8(14)5-15-6-10(16)13-4-9(15)11(17)18/h3,7,9H,2,4-6H2,1H3,(H,13,16)(H,17,18). The monoisotopic (exact) mass is 252 g/mol. The molecule has 2 heterocycles. The van der Waals surface area contributed by atoms with Gasteiger partial charge in [0, 0.05) is 25.8 Å². The number of aromatic nitrogens is 2. The summed E-state index contributed by atoms with van der Waals surface area (Å²) in [5.41, 5.74) is 0.915. The van der Waals surface area contributed by atoms with Gasteiger partial charge in [0.15, 0.2) is 0 Å². The van der Waals surface area contributed by atoms with Crippen LogP contribution in [0.1, 0.15) is 12.6 Å². The van der Waals surface area contributed by atoms with Gasteiger partial charge < -0.3 is 15.0 Å². The lowest BCUT2D eigenvalue weighted by Gasteiger charge is -2.32. The van der Waals surface area contributed by atoms with Gasteiger partial charge in [-0.3, -0.25) is 14.5 Å². The van der Waals surface area contributed by atoms with Crippen molar-refractivity contribution >= 4 is 11.9 Å². The number of nitrogens with one attached hydrogen (secondary N) is 1. The molecule has 0 radical (unpaired) electrons. The average Bonchev–Trinajstić information content (AvgIpc) is 2.76. The Kier molecular flexibility index (Phi) is 3.61. The van der Waals surface area contributed by atoms with Gasteiger partial charge in [-0.25, -0.2) is 4.98 Å². The van der Waals surface area contributed by atoms with Crippen molar-refractivity contribution in [2.75, 3.05) is 13.1 Å². The third kappa shape index (κ3) is 2.51. The maximum Gasteiger partial charge on any atom is 0.322 e. The molecule has 2 rings (SSSR count). The van der Waals surface area contributed by atoms with Crippen molar-refractivity contribution in [1.82, 2.24) is 19.8 Å². The van der Waals surface area contributed by atoms with E-state index in [-0.39, 0.29) is 19.0 Å². The fourth-order valence-electron chi connectivity index (χ4n) is 2.07. The van der Waals surface area contributed by atoms with Crippen molar-refractivity contribution in [2.45, 2.75) is 26.1 Å². The first-order valence-corrected chi connectivity index (χ1v) is 5.84. The molecule has 0 saturated carbocycles. The second-order valence-corrected chi connectivity index (χ2v) is 4.23. The Labute approximate surface area is 104 Å². The average molecular weight is 252 g/mol. The quantitative estimate of drug-likeness (QED) is 0.739. The topological polar surface area (TPSA) is 87.5 Å². The van der Waals surface area contributed by atoms with E-state index < -0.39 is 12.0 Å². The highest BCUT2D eigenvalue weighted by atomic mass is 16.4. The number of carboxylic acids is 1. The molecule has 1 aliphatic rings. The predicted molar refractivity (Wildman–Crippen MR) is 62.7 cm³/mol. The smallest absolute Gasteiger partial charge is 0.322 e. The molecular formula is C11H16N4O3. The minimum absolute atomic E-state index is 0.103. The van der Waals surface area contributed by atoms with Gasteiger partial charge in [0.2, 0.25) is 5.91 Å². The molecule has 1 atom stereocenters. The molecule has 1 saturated heterocycles. The zero-order valence-corrected chi connectivity index (χ0v) is 10.2. The lowest BCUT2D eigenvalue weighted by molar-refractivity contribution is -0.146. The van der Waals surface area contributed by atoms with Gasteiger partial charge in [-0.15, -0.1) is 0 Å². The molecule has 0 aromatic carbocycles. The number of amides is 1. The molecule has 7 nitrogen and oxygen atoms in total. The molecule has 0 spiro atoms. The summed E-state index contributed by atoms with van der Waals surface area (Å²) < 4.78 is 1.94. The van der Waals surface area contributed by atoms with Crippen molar-refractivity contribution < 1.29 is 14.7 Å².